The summed E-state index contributed by atoms with van der Waals surface area (Å²) in [5, 5.41) is 2.06. The maximum Gasteiger partial charge on any atom is 0.0657 e. The Morgan fingerprint density at radius 2 is 1.72 bits per heavy atom. The Hall–Kier alpha value is -0.640. The van der Waals surface area contributed by atoms with E-state index in [9.17, 15) is 0 Å². The summed E-state index contributed by atoms with van der Waals surface area (Å²) in [5.74, 6) is 0. The molecule has 1 unspecified atom stereocenters. The van der Waals surface area contributed by atoms with Crippen molar-refractivity contribution >= 4 is 27.3 Å². The van der Waals surface area contributed by atoms with Gasteiger partial charge in [-0.2, -0.15) is 0 Å². The van der Waals surface area contributed by atoms with Crippen LogP contribution in [0, 0.1) is 0 Å². The van der Waals surface area contributed by atoms with Gasteiger partial charge < -0.3 is 5.73 Å². The molecule has 0 aliphatic carbocycles. The summed E-state index contributed by atoms with van der Waals surface area (Å²) in [6, 6.07) is 10.6. The smallest absolute Gasteiger partial charge is 0.0657 e. The SMILES string of the molecule is CC(C)(C)c1ccc(C(N)c2sccc2Br)cc1. The number of nitrogens with two attached hydrogens (primary N) is 1. The second kappa shape index (κ2) is 5.16. The largest absolute Gasteiger partial charge is 0.320 e. The molecule has 1 aromatic heterocycles. The van der Waals surface area contributed by atoms with Gasteiger partial charge in [-0.15, -0.1) is 11.3 Å². The molecule has 1 nitrogen and oxygen atoms in total. The summed E-state index contributed by atoms with van der Waals surface area (Å²) in [4.78, 5) is 1.18. The lowest BCUT2D eigenvalue weighted by Crippen LogP contribution is -2.13. The Bertz CT molecular complexity index is 522. The molecule has 0 spiro atoms. The van der Waals surface area contributed by atoms with Crippen molar-refractivity contribution in [2.75, 3.05) is 0 Å². The number of thiophene rings is 1. The Kier molecular flexibility index (Phi) is 3.95. The van der Waals surface area contributed by atoms with Crippen molar-refractivity contribution in [3.8, 4) is 0 Å². The summed E-state index contributed by atoms with van der Waals surface area (Å²) in [6.07, 6.45) is 0. The second-order valence-electron chi connectivity index (χ2n) is 5.48. The molecule has 1 aromatic carbocycles. The first-order valence-corrected chi connectivity index (χ1v) is 7.66. The highest BCUT2D eigenvalue weighted by molar-refractivity contribution is 9.10. The first-order valence-electron chi connectivity index (χ1n) is 5.98. The van der Waals surface area contributed by atoms with E-state index in [1.54, 1.807) is 11.3 Å². The second-order valence-corrected chi connectivity index (χ2v) is 7.28. The number of hydrogen-bond donors (Lipinski definition) is 1. The summed E-state index contributed by atoms with van der Waals surface area (Å²) < 4.78 is 1.10. The molecular formula is C15H18BrNS. The number of rotatable bonds is 2. The molecule has 18 heavy (non-hydrogen) atoms. The van der Waals surface area contributed by atoms with Crippen LogP contribution in [0.3, 0.4) is 0 Å². The van der Waals surface area contributed by atoms with E-state index in [0.717, 1.165) is 10.0 Å². The number of benzene rings is 1. The fourth-order valence-corrected chi connectivity index (χ4v) is 3.52. The highest BCUT2D eigenvalue weighted by atomic mass is 79.9. The summed E-state index contributed by atoms with van der Waals surface area (Å²) >= 11 is 5.23. The molecule has 0 radical (unpaired) electrons. The van der Waals surface area contributed by atoms with Crippen LogP contribution in [0.2, 0.25) is 0 Å². The minimum absolute atomic E-state index is 0.0478. The van der Waals surface area contributed by atoms with Crippen LogP contribution in [0.5, 0.6) is 0 Å². The topological polar surface area (TPSA) is 26.0 Å². The van der Waals surface area contributed by atoms with E-state index < -0.39 is 0 Å². The minimum atomic E-state index is -0.0478. The minimum Gasteiger partial charge on any atom is -0.320 e. The normalized spacial score (nSPS) is 13.6. The van der Waals surface area contributed by atoms with Crippen LogP contribution >= 0.6 is 27.3 Å². The zero-order chi connectivity index (χ0) is 13.3. The van der Waals surface area contributed by atoms with Crippen molar-refractivity contribution in [1.29, 1.82) is 0 Å². The third-order valence-electron chi connectivity index (χ3n) is 3.06. The molecule has 2 aromatic rings. The van der Waals surface area contributed by atoms with Gasteiger partial charge in [-0.05, 0) is 43.9 Å². The molecule has 0 bridgehead atoms. The predicted molar refractivity (Wildman–Crippen MR) is 83.2 cm³/mol. The van der Waals surface area contributed by atoms with Crippen LogP contribution in [-0.2, 0) is 5.41 Å². The fraction of sp³-hybridized carbons (Fsp3) is 0.333. The van der Waals surface area contributed by atoms with Crippen molar-refractivity contribution in [3.63, 3.8) is 0 Å². The molecule has 1 atom stereocenters. The number of hydrogen-bond acceptors (Lipinski definition) is 2. The molecule has 1 heterocycles. The van der Waals surface area contributed by atoms with Crippen molar-refractivity contribution in [1.82, 2.24) is 0 Å². The van der Waals surface area contributed by atoms with Gasteiger partial charge in [0.1, 0.15) is 0 Å². The van der Waals surface area contributed by atoms with Crippen molar-refractivity contribution < 1.29 is 0 Å². The summed E-state index contributed by atoms with van der Waals surface area (Å²) in [6.45, 7) is 6.66. The van der Waals surface area contributed by atoms with Gasteiger partial charge in [-0.1, -0.05) is 45.0 Å². The van der Waals surface area contributed by atoms with Crippen LogP contribution in [-0.4, -0.2) is 0 Å². The highest BCUT2D eigenvalue weighted by Gasteiger charge is 2.16. The lowest BCUT2D eigenvalue weighted by Gasteiger charge is -2.20. The zero-order valence-corrected chi connectivity index (χ0v) is 13.3. The molecule has 0 aliphatic rings. The van der Waals surface area contributed by atoms with E-state index in [4.69, 9.17) is 5.73 Å². The lowest BCUT2D eigenvalue weighted by molar-refractivity contribution is 0.590. The van der Waals surface area contributed by atoms with Crippen LogP contribution in [0.1, 0.15) is 42.8 Å². The highest BCUT2D eigenvalue weighted by Crippen LogP contribution is 2.32. The van der Waals surface area contributed by atoms with Gasteiger partial charge in [0.2, 0.25) is 0 Å². The van der Waals surface area contributed by atoms with Crippen molar-refractivity contribution in [3.05, 3.63) is 56.2 Å². The molecule has 96 valence electrons. The van der Waals surface area contributed by atoms with Crippen LogP contribution in [0.25, 0.3) is 0 Å². The zero-order valence-electron chi connectivity index (χ0n) is 10.9. The maximum atomic E-state index is 6.30. The van der Waals surface area contributed by atoms with Gasteiger partial charge in [-0.25, -0.2) is 0 Å². The van der Waals surface area contributed by atoms with Crippen LogP contribution < -0.4 is 5.73 Å². The van der Waals surface area contributed by atoms with E-state index in [1.165, 1.54) is 10.4 Å². The molecule has 0 aliphatic heterocycles. The molecule has 2 rings (SSSR count). The average molecular weight is 324 g/mol. The van der Waals surface area contributed by atoms with Gasteiger partial charge in [-0.3, -0.25) is 0 Å². The van der Waals surface area contributed by atoms with E-state index in [2.05, 4.69) is 66.3 Å². The third-order valence-corrected chi connectivity index (χ3v) is 5.02. The third kappa shape index (κ3) is 2.85. The predicted octanol–water partition coefficient (Wildman–Crippen LogP) is 4.86. The van der Waals surface area contributed by atoms with Gasteiger partial charge in [0.25, 0.3) is 0 Å². The molecule has 3 heteroatoms. The quantitative estimate of drug-likeness (QED) is 0.839. The van der Waals surface area contributed by atoms with Crippen molar-refractivity contribution in [2.24, 2.45) is 5.73 Å². The molecule has 0 saturated heterocycles. The van der Waals surface area contributed by atoms with E-state index >= 15 is 0 Å². The van der Waals surface area contributed by atoms with Gasteiger partial charge in [0, 0.05) is 9.35 Å². The van der Waals surface area contributed by atoms with Crippen LogP contribution in [0.4, 0.5) is 0 Å². The van der Waals surface area contributed by atoms with E-state index in [1.807, 2.05) is 6.07 Å². The Morgan fingerprint density at radius 1 is 1.11 bits per heavy atom. The van der Waals surface area contributed by atoms with Gasteiger partial charge >= 0.3 is 0 Å². The van der Waals surface area contributed by atoms with Gasteiger partial charge in [0.05, 0.1) is 6.04 Å². The van der Waals surface area contributed by atoms with Crippen molar-refractivity contribution in [2.45, 2.75) is 32.2 Å². The summed E-state index contributed by atoms with van der Waals surface area (Å²) in [5.41, 5.74) is 8.98. The molecule has 0 saturated carbocycles. The molecular weight excluding hydrogens is 306 g/mol. The molecule has 0 fully saturated rings. The first kappa shape index (κ1) is 13.8. The van der Waals surface area contributed by atoms with Crippen LogP contribution in [0.15, 0.2) is 40.2 Å². The maximum absolute atomic E-state index is 6.30. The van der Waals surface area contributed by atoms with Gasteiger partial charge in [0.15, 0.2) is 0 Å². The monoisotopic (exact) mass is 323 g/mol. The molecule has 0 amide bonds. The Labute approximate surface area is 121 Å². The standard InChI is InChI=1S/C15H18BrNS/c1-15(2,3)11-6-4-10(5-7-11)13(17)14-12(16)8-9-18-14/h4-9,13H,17H2,1-3H3. The lowest BCUT2D eigenvalue weighted by atomic mass is 9.86. The van der Waals surface area contributed by atoms with E-state index in [0.29, 0.717) is 0 Å². The Balaban J connectivity index is 2.28. The Morgan fingerprint density at radius 3 is 2.17 bits per heavy atom. The summed E-state index contributed by atoms with van der Waals surface area (Å²) in [7, 11) is 0. The number of halogens is 1. The first-order chi connectivity index (χ1) is 8.39. The average Bonchev–Trinajstić information content (AvgIpc) is 2.73. The molecule has 2 N–H and O–H groups in total. The van der Waals surface area contributed by atoms with E-state index in [-0.39, 0.29) is 11.5 Å². The fourth-order valence-electron chi connectivity index (χ4n) is 1.87.